The minimum atomic E-state index is -0.272. The number of anilines is 1. The molecule has 3 rings (SSSR count). The molecule has 1 amide bonds. The molecular weight excluding hydrogens is 418 g/mol. The summed E-state index contributed by atoms with van der Waals surface area (Å²) in [5.41, 5.74) is 3.18. The largest absolute Gasteiger partial charge is 0.484 e. The van der Waals surface area contributed by atoms with E-state index < -0.39 is 0 Å². The van der Waals surface area contributed by atoms with Gasteiger partial charge in [0.2, 0.25) is 0 Å². The Morgan fingerprint density at radius 1 is 1.43 bits per heavy atom. The molecule has 0 saturated carbocycles. The number of nitrogens with one attached hydrogen (secondary N) is 2. The van der Waals surface area contributed by atoms with Gasteiger partial charge in [-0.15, -0.1) is 6.58 Å². The second kappa shape index (κ2) is 9.36. The third-order valence-corrected chi connectivity index (χ3v) is 5.93. The highest BCUT2D eigenvalue weighted by Gasteiger charge is 2.17. The smallest absolute Gasteiger partial charge is 0.264 e. The first kappa shape index (κ1) is 21.9. The van der Waals surface area contributed by atoms with E-state index >= 15 is 0 Å². The van der Waals surface area contributed by atoms with Crippen molar-refractivity contribution in [3.05, 3.63) is 52.4 Å². The molecule has 0 aliphatic rings. The first-order chi connectivity index (χ1) is 14.3. The summed E-state index contributed by atoms with van der Waals surface area (Å²) in [7, 11) is 0. The van der Waals surface area contributed by atoms with Crippen LogP contribution in [0.1, 0.15) is 36.6 Å². The third kappa shape index (κ3) is 4.85. The summed E-state index contributed by atoms with van der Waals surface area (Å²) in [6, 6.07) is 5.89. The zero-order chi connectivity index (χ0) is 21.8. The maximum Gasteiger partial charge on any atom is 0.264 e. The van der Waals surface area contributed by atoms with E-state index in [2.05, 4.69) is 40.9 Å². The van der Waals surface area contributed by atoms with Crippen LogP contribution in [-0.2, 0) is 11.3 Å². The highest BCUT2D eigenvalue weighted by Crippen LogP contribution is 2.31. The average Bonchev–Trinajstić information content (AvgIpc) is 3.22. The first-order valence-corrected chi connectivity index (χ1v) is 10.8. The van der Waals surface area contributed by atoms with Crippen LogP contribution < -0.4 is 10.1 Å². The van der Waals surface area contributed by atoms with Crippen LogP contribution in [-0.4, -0.2) is 32.3 Å². The molecule has 0 spiro atoms. The number of allylic oxidation sites excluding steroid dienone is 1. The van der Waals surface area contributed by atoms with E-state index in [4.69, 9.17) is 17.0 Å². The number of hydrogen-bond acceptors (Lipinski definition) is 6. The number of H-pyrrole nitrogens is 1. The van der Waals surface area contributed by atoms with Crippen molar-refractivity contribution in [3.63, 3.8) is 0 Å². The number of aryl methyl sites for hydroxylation is 2. The number of carbonyl (C=O) groups is 1. The van der Waals surface area contributed by atoms with E-state index in [1.54, 1.807) is 6.08 Å². The van der Waals surface area contributed by atoms with Gasteiger partial charge >= 0.3 is 0 Å². The quantitative estimate of drug-likeness (QED) is 0.378. The molecule has 0 aliphatic heterocycles. The van der Waals surface area contributed by atoms with E-state index in [0.29, 0.717) is 33.9 Å². The number of ether oxygens (including phenoxy) is 1. The maximum absolute atomic E-state index is 12.4. The number of rotatable bonds is 8. The van der Waals surface area contributed by atoms with Gasteiger partial charge in [-0.05, 0) is 55.2 Å². The van der Waals surface area contributed by atoms with Crippen molar-refractivity contribution in [2.75, 3.05) is 11.9 Å². The monoisotopic (exact) mass is 443 g/mol. The van der Waals surface area contributed by atoms with Gasteiger partial charge in [0, 0.05) is 6.54 Å². The summed E-state index contributed by atoms with van der Waals surface area (Å²) in [6.45, 7) is 12.4. The van der Waals surface area contributed by atoms with Crippen molar-refractivity contribution in [2.45, 2.75) is 40.2 Å². The van der Waals surface area contributed by atoms with Gasteiger partial charge in [-0.3, -0.25) is 19.8 Å². The Balaban J connectivity index is 1.67. The number of amides is 1. The van der Waals surface area contributed by atoms with Gasteiger partial charge in [0.1, 0.15) is 5.75 Å². The van der Waals surface area contributed by atoms with Gasteiger partial charge < -0.3 is 4.74 Å². The van der Waals surface area contributed by atoms with Gasteiger partial charge in [-0.25, -0.2) is 4.98 Å². The normalized spacial score (nSPS) is 11.0. The van der Waals surface area contributed by atoms with Gasteiger partial charge in [-0.1, -0.05) is 37.3 Å². The molecule has 7 nitrogen and oxygen atoms in total. The van der Waals surface area contributed by atoms with Crippen LogP contribution in [0.3, 0.4) is 0 Å². The van der Waals surface area contributed by atoms with Crippen LogP contribution in [0.15, 0.2) is 30.9 Å². The molecule has 2 heterocycles. The molecule has 0 atom stereocenters. The molecule has 2 aromatic heterocycles. The molecule has 0 radical (unpaired) electrons. The molecule has 0 unspecified atom stereocenters. The summed E-state index contributed by atoms with van der Waals surface area (Å²) in [5, 5.41) is 10.4. The van der Waals surface area contributed by atoms with E-state index in [-0.39, 0.29) is 12.5 Å². The Kier molecular flexibility index (Phi) is 6.84. The molecule has 9 heteroatoms. The topological polar surface area (TPSA) is 84.8 Å². The highest BCUT2D eigenvalue weighted by molar-refractivity contribution is 7.71. The maximum atomic E-state index is 12.4. The summed E-state index contributed by atoms with van der Waals surface area (Å²) in [6.07, 6.45) is 1.75. The fourth-order valence-corrected chi connectivity index (χ4v) is 4.32. The van der Waals surface area contributed by atoms with Crippen LogP contribution in [0.4, 0.5) is 5.13 Å². The third-order valence-electron chi connectivity index (χ3n) is 4.55. The van der Waals surface area contributed by atoms with Gasteiger partial charge in [-0.2, -0.15) is 5.10 Å². The van der Waals surface area contributed by atoms with E-state index in [9.17, 15) is 4.79 Å². The van der Waals surface area contributed by atoms with Crippen LogP contribution in [0.25, 0.3) is 10.7 Å². The Morgan fingerprint density at radius 2 is 2.20 bits per heavy atom. The van der Waals surface area contributed by atoms with E-state index in [0.717, 1.165) is 16.1 Å². The predicted molar refractivity (Wildman–Crippen MR) is 123 cm³/mol. The second-order valence-electron chi connectivity index (χ2n) is 7.20. The lowest BCUT2D eigenvalue weighted by Gasteiger charge is -2.12. The number of benzene rings is 1. The van der Waals surface area contributed by atoms with Crippen LogP contribution >= 0.6 is 23.6 Å². The van der Waals surface area contributed by atoms with Crippen LogP contribution in [0, 0.1) is 18.6 Å². The number of hydrogen-bond donors (Lipinski definition) is 2. The van der Waals surface area contributed by atoms with Gasteiger partial charge in [0.15, 0.2) is 22.3 Å². The Labute approximate surface area is 184 Å². The molecule has 1 aromatic carbocycles. The van der Waals surface area contributed by atoms with E-state index in [1.807, 2.05) is 36.6 Å². The summed E-state index contributed by atoms with van der Waals surface area (Å²) in [5.74, 6) is 1.52. The first-order valence-electron chi connectivity index (χ1n) is 9.57. The zero-order valence-corrected chi connectivity index (χ0v) is 19.1. The Morgan fingerprint density at radius 3 is 2.87 bits per heavy atom. The summed E-state index contributed by atoms with van der Waals surface area (Å²) in [4.78, 5) is 17.6. The lowest BCUT2D eigenvalue weighted by Crippen LogP contribution is -2.20. The molecule has 30 heavy (non-hydrogen) atoms. The molecule has 0 saturated heterocycles. The lowest BCUT2D eigenvalue weighted by atomic mass is 9.98. The molecular formula is C21H25N5O2S2. The van der Waals surface area contributed by atoms with Gasteiger partial charge in [0.25, 0.3) is 5.91 Å². The zero-order valence-electron chi connectivity index (χ0n) is 17.5. The summed E-state index contributed by atoms with van der Waals surface area (Å²) < 4.78 is 7.99. The fourth-order valence-electron chi connectivity index (χ4n) is 3.14. The Bertz CT molecular complexity index is 1130. The number of aromatic nitrogens is 4. The minimum absolute atomic E-state index is 0.0936. The number of thiazole rings is 1. The molecule has 0 fully saturated rings. The molecule has 0 bridgehead atoms. The molecule has 158 valence electrons. The summed E-state index contributed by atoms with van der Waals surface area (Å²) >= 11 is 6.61. The second-order valence-corrected chi connectivity index (χ2v) is 8.58. The SMILES string of the molecule is C=CCn1c(-c2sc(NC(=O)COc3ccc(C(C)C)c(C)c3)nc2C)n[nH]c1=S. The van der Waals surface area contributed by atoms with Gasteiger partial charge in [0.05, 0.1) is 10.6 Å². The van der Waals surface area contributed by atoms with Crippen molar-refractivity contribution in [1.82, 2.24) is 19.7 Å². The van der Waals surface area contributed by atoms with Crippen LogP contribution in [0.5, 0.6) is 5.75 Å². The molecule has 2 N–H and O–H groups in total. The number of carbonyl (C=O) groups excluding carboxylic acids is 1. The number of aromatic amines is 1. The molecule has 0 aliphatic carbocycles. The van der Waals surface area contributed by atoms with Crippen molar-refractivity contribution in [2.24, 2.45) is 0 Å². The van der Waals surface area contributed by atoms with Crippen molar-refractivity contribution in [1.29, 1.82) is 0 Å². The van der Waals surface area contributed by atoms with E-state index in [1.165, 1.54) is 16.9 Å². The molecule has 3 aromatic rings. The average molecular weight is 444 g/mol. The number of nitrogens with zero attached hydrogens (tertiary/aromatic N) is 3. The minimum Gasteiger partial charge on any atom is -0.484 e. The van der Waals surface area contributed by atoms with Crippen molar-refractivity contribution in [3.8, 4) is 16.5 Å². The van der Waals surface area contributed by atoms with Crippen molar-refractivity contribution < 1.29 is 9.53 Å². The Hall–Kier alpha value is -2.78. The fraction of sp³-hybridized carbons (Fsp3) is 0.333. The standard InChI is InChI=1S/C21H25N5O2S2/c1-6-9-26-19(24-25-21(26)29)18-14(5)22-20(30-18)23-17(27)11-28-15-7-8-16(12(2)3)13(4)10-15/h6-8,10,12H,1,9,11H2,2-5H3,(H,25,29)(H,22,23,27). The predicted octanol–water partition coefficient (Wildman–Crippen LogP) is 5.01. The highest BCUT2D eigenvalue weighted by atomic mass is 32.1. The lowest BCUT2D eigenvalue weighted by molar-refractivity contribution is -0.118. The van der Waals surface area contributed by atoms with Crippen LogP contribution in [0.2, 0.25) is 0 Å². The van der Waals surface area contributed by atoms with Crippen molar-refractivity contribution >= 4 is 34.6 Å².